The third-order valence-corrected chi connectivity index (χ3v) is 1.63. The van der Waals surface area contributed by atoms with Crippen LogP contribution in [0.15, 0.2) is 18.2 Å². The van der Waals surface area contributed by atoms with Gasteiger partial charge in [0.1, 0.15) is 0 Å². The van der Waals surface area contributed by atoms with E-state index in [1.54, 1.807) is 0 Å². The van der Waals surface area contributed by atoms with Gasteiger partial charge in [-0.25, -0.2) is 0 Å². The second-order valence-corrected chi connectivity index (χ2v) is 2.53. The summed E-state index contributed by atoms with van der Waals surface area (Å²) in [6.07, 6.45) is 0.435. The lowest BCUT2D eigenvalue weighted by molar-refractivity contribution is 1.25. The molecule has 0 aromatic heterocycles. The van der Waals surface area contributed by atoms with Crippen LogP contribution in [0.3, 0.4) is 0 Å². The van der Waals surface area contributed by atoms with Crippen LogP contribution in [-0.4, -0.2) is 0 Å². The Morgan fingerprint density at radius 3 is 2.82 bits per heavy atom. The van der Waals surface area contributed by atoms with E-state index in [1.165, 1.54) is 0 Å². The molecule has 0 fully saturated rings. The van der Waals surface area contributed by atoms with Crippen LogP contribution in [0.2, 0.25) is 0 Å². The van der Waals surface area contributed by atoms with E-state index in [-0.39, 0.29) is 0 Å². The number of nitrogens with zero attached hydrogens (tertiary/aromatic N) is 1. The first-order valence-electron chi connectivity index (χ1n) is 3.46. The van der Waals surface area contributed by atoms with Crippen LogP contribution in [0, 0.1) is 18.3 Å². The van der Waals surface area contributed by atoms with Crippen LogP contribution >= 0.6 is 0 Å². The quantitative estimate of drug-likeness (QED) is 0.612. The molecule has 2 heteroatoms. The molecule has 0 heterocycles. The van der Waals surface area contributed by atoms with E-state index in [1.807, 2.05) is 25.1 Å². The average Bonchev–Trinajstić information content (AvgIpc) is 1.98. The van der Waals surface area contributed by atoms with E-state index < -0.39 is 0 Å². The summed E-state index contributed by atoms with van der Waals surface area (Å²) in [6.45, 7) is 1.95. The van der Waals surface area contributed by atoms with E-state index >= 15 is 0 Å². The molecule has 56 valence electrons. The molecule has 0 unspecified atom stereocenters. The van der Waals surface area contributed by atoms with Gasteiger partial charge in [0.2, 0.25) is 0 Å². The highest BCUT2D eigenvalue weighted by Crippen LogP contribution is 2.12. The zero-order chi connectivity index (χ0) is 8.27. The number of anilines is 1. The van der Waals surface area contributed by atoms with Crippen molar-refractivity contribution in [2.45, 2.75) is 13.3 Å². The first kappa shape index (κ1) is 7.62. The maximum Gasteiger partial charge on any atom is 0.0669 e. The van der Waals surface area contributed by atoms with Gasteiger partial charge in [0.15, 0.2) is 0 Å². The Kier molecular flexibility index (Phi) is 2.12. The molecule has 1 aromatic rings. The van der Waals surface area contributed by atoms with Crippen molar-refractivity contribution in [3.05, 3.63) is 29.3 Å². The standard InChI is InChI=1S/C9H10N2/c1-7-2-3-8(4-5-10)6-9(7)11/h2-3,6H,4,11H2,1H3. The molecule has 0 radical (unpaired) electrons. The molecule has 0 aliphatic rings. The highest BCUT2D eigenvalue weighted by atomic mass is 14.5. The van der Waals surface area contributed by atoms with Gasteiger partial charge >= 0.3 is 0 Å². The molecule has 0 amide bonds. The summed E-state index contributed by atoms with van der Waals surface area (Å²) < 4.78 is 0. The first-order chi connectivity index (χ1) is 5.24. The van der Waals surface area contributed by atoms with Gasteiger partial charge in [-0.15, -0.1) is 0 Å². The Hall–Kier alpha value is -1.49. The average molecular weight is 146 g/mol. The molecule has 1 rings (SSSR count). The predicted molar refractivity (Wildman–Crippen MR) is 44.9 cm³/mol. The summed E-state index contributed by atoms with van der Waals surface area (Å²) in [5.41, 5.74) is 8.45. The van der Waals surface area contributed by atoms with Crippen molar-refractivity contribution in [2.24, 2.45) is 0 Å². The topological polar surface area (TPSA) is 49.8 Å². The van der Waals surface area contributed by atoms with E-state index in [0.29, 0.717) is 6.42 Å². The SMILES string of the molecule is Cc1ccc(CC#N)cc1N. The summed E-state index contributed by atoms with van der Waals surface area (Å²) >= 11 is 0. The highest BCUT2D eigenvalue weighted by molar-refractivity contribution is 5.48. The van der Waals surface area contributed by atoms with E-state index in [9.17, 15) is 0 Å². The maximum absolute atomic E-state index is 8.39. The Balaban J connectivity index is 2.98. The molecular weight excluding hydrogens is 136 g/mol. The minimum atomic E-state index is 0.435. The predicted octanol–water partition coefficient (Wildman–Crippen LogP) is 1.64. The molecule has 2 N–H and O–H groups in total. The summed E-state index contributed by atoms with van der Waals surface area (Å²) in [5.74, 6) is 0. The number of nitrogens with two attached hydrogens (primary N) is 1. The van der Waals surface area contributed by atoms with E-state index in [2.05, 4.69) is 6.07 Å². The first-order valence-corrected chi connectivity index (χ1v) is 3.46. The molecule has 1 aromatic carbocycles. The fourth-order valence-electron chi connectivity index (χ4n) is 0.891. The van der Waals surface area contributed by atoms with Crippen molar-refractivity contribution >= 4 is 5.69 Å². The lowest BCUT2D eigenvalue weighted by atomic mass is 10.1. The fraction of sp³-hybridized carbons (Fsp3) is 0.222. The van der Waals surface area contributed by atoms with Crippen molar-refractivity contribution in [1.82, 2.24) is 0 Å². The van der Waals surface area contributed by atoms with Crippen LogP contribution in [0.5, 0.6) is 0 Å². The van der Waals surface area contributed by atoms with Crippen LogP contribution in [-0.2, 0) is 6.42 Å². The third-order valence-electron chi connectivity index (χ3n) is 1.63. The van der Waals surface area contributed by atoms with Crippen molar-refractivity contribution in [1.29, 1.82) is 5.26 Å². The van der Waals surface area contributed by atoms with E-state index in [4.69, 9.17) is 11.0 Å². The van der Waals surface area contributed by atoms with Gasteiger partial charge in [0.25, 0.3) is 0 Å². The van der Waals surface area contributed by atoms with Gasteiger partial charge in [-0.2, -0.15) is 5.26 Å². The molecule has 0 aliphatic heterocycles. The van der Waals surface area contributed by atoms with Crippen LogP contribution in [0.4, 0.5) is 5.69 Å². The fourth-order valence-corrected chi connectivity index (χ4v) is 0.891. The lowest BCUT2D eigenvalue weighted by Crippen LogP contribution is -1.91. The van der Waals surface area contributed by atoms with Crippen molar-refractivity contribution in [3.63, 3.8) is 0 Å². The number of nitrogen functional groups attached to an aromatic ring is 1. The molecule has 0 spiro atoms. The smallest absolute Gasteiger partial charge is 0.0669 e. The normalized spacial score (nSPS) is 9.09. The second-order valence-electron chi connectivity index (χ2n) is 2.53. The monoisotopic (exact) mass is 146 g/mol. The summed E-state index contributed by atoms with van der Waals surface area (Å²) in [7, 11) is 0. The second kappa shape index (κ2) is 3.07. The van der Waals surface area contributed by atoms with Gasteiger partial charge in [-0.1, -0.05) is 12.1 Å². The Labute approximate surface area is 66.3 Å². The minimum absolute atomic E-state index is 0.435. The van der Waals surface area contributed by atoms with Crippen LogP contribution in [0.1, 0.15) is 11.1 Å². The molecule has 11 heavy (non-hydrogen) atoms. The zero-order valence-electron chi connectivity index (χ0n) is 6.46. The Morgan fingerprint density at radius 1 is 1.55 bits per heavy atom. The summed E-state index contributed by atoms with van der Waals surface area (Å²) in [4.78, 5) is 0. The van der Waals surface area contributed by atoms with Crippen LogP contribution < -0.4 is 5.73 Å². The number of hydrogen-bond acceptors (Lipinski definition) is 2. The van der Waals surface area contributed by atoms with Gasteiger partial charge in [0, 0.05) is 5.69 Å². The number of nitriles is 1. The van der Waals surface area contributed by atoms with Crippen molar-refractivity contribution in [3.8, 4) is 6.07 Å². The summed E-state index contributed by atoms with van der Waals surface area (Å²) in [5, 5.41) is 8.39. The maximum atomic E-state index is 8.39. The molecule has 0 saturated heterocycles. The van der Waals surface area contributed by atoms with Crippen LogP contribution in [0.25, 0.3) is 0 Å². The lowest BCUT2D eigenvalue weighted by Gasteiger charge is -2.00. The number of hydrogen-bond donors (Lipinski definition) is 1. The molecule has 0 bridgehead atoms. The number of rotatable bonds is 1. The largest absolute Gasteiger partial charge is 0.399 e. The zero-order valence-corrected chi connectivity index (χ0v) is 6.46. The van der Waals surface area contributed by atoms with Gasteiger partial charge < -0.3 is 5.73 Å². The minimum Gasteiger partial charge on any atom is -0.399 e. The molecular formula is C9H10N2. The Bertz CT molecular complexity index is 297. The molecule has 2 nitrogen and oxygen atoms in total. The molecule has 0 aliphatic carbocycles. The van der Waals surface area contributed by atoms with Crippen molar-refractivity contribution < 1.29 is 0 Å². The van der Waals surface area contributed by atoms with Crippen molar-refractivity contribution in [2.75, 3.05) is 5.73 Å². The molecule has 0 saturated carbocycles. The summed E-state index contributed by atoms with van der Waals surface area (Å²) in [6, 6.07) is 7.78. The number of benzene rings is 1. The molecule has 0 atom stereocenters. The Morgan fingerprint density at radius 2 is 2.27 bits per heavy atom. The third kappa shape index (κ3) is 1.71. The van der Waals surface area contributed by atoms with Gasteiger partial charge in [0.05, 0.1) is 12.5 Å². The van der Waals surface area contributed by atoms with Gasteiger partial charge in [-0.05, 0) is 24.1 Å². The highest BCUT2D eigenvalue weighted by Gasteiger charge is 1.94. The van der Waals surface area contributed by atoms with E-state index in [0.717, 1.165) is 16.8 Å². The van der Waals surface area contributed by atoms with Gasteiger partial charge in [-0.3, -0.25) is 0 Å². The number of aryl methyl sites for hydroxylation is 1.